The van der Waals surface area contributed by atoms with Gasteiger partial charge in [0.15, 0.2) is 5.58 Å². The molecule has 2 heterocycles. The van der Waals surface area contributed by atoms with E-state index >= 15 is 0 Å². The smallest absolute Gasteiger partial charge is 0.159 e. The quantitative estimate of drug-likeness (QED) is 0.162. The van der Waals surface area contributed by atoms with Crippen LogP contribution >= 0.6 is 11.3 Å². The largest absolute Gasteiger partial charge is 0.454 e. The molecule has 0 N–H and O–H groups in total. The summed E-state index contributed by atoms with van der Waals surface area (Å²) in [6, 6.07) is 76.3. The van der Waals surface area contributed by atoms with Crippen molar-refractivity contribution >= 4 is 70.5 Å². The molecule has 0 saturated carbocycles. The third-order valence-electron chi connectivity index (χ3n) is 11.1. The number of fused-ring (bicyclic) bond motifs is 6. The van der Waals surface area contributed by atoms with E-state index in [9.17, 15) is 0 Å². The molecular formula is C54H35NOS. The Morgan fingerprint density at radius 1 is 0.333 bits per heavy atom. The summed E-state index contributed by atoms with van der Waals surface area (Å²) in [4.78, 5) is 2.35. The van der Waals surface area contributed by atoms with E-state index in [0.29, 0.717) is 0 Å². The summed E-state index contributed by atoms with van der Waals surface area (Å²) in [5.41, 5.74) is 14.3. The Hall–Kier alpha value is -7.20. The molecule has 0 atom stereocenters. The predicted octanol–water partition coefficient (Wildman–Crippen LogP) is 16.1. The lowest BCUT2D eigenvalue weighted by atomic mass is 9.93. The van der Waals surface area contributed by atoms with Gasteiger partial charge >= 0.3 is 0 Å². The third-order valence-corrected chi connectivity index (χ3v) is 12.2. The minimum absolute atomic E-state index is 0.861. The van der Waals surface area contributed by atoms with Crippen molar-refractivity contribution in [2.24, 2.45) is 0 Å². The highest BCUT2D eigenvalue weighted by Crippen LogP contribution is 2.46. The van der Waals surface area contributed by atoms with E-state index in [0.717, 1.165) is 44.6 Å². The molecule has 0 spiro atoms. The number of nitrogens with zero attached hydrogens (tertiary/aromatic N) is 1. The lowest BCUT2D eigenvalue weighted by Gasteiger charge is -2.27. The second kappa shape index (κ2) is 13.8. The lowest BCUT2D eigenvalue weighted by molar-refractivity contribution is 0.669. The summed E-state index contributed by atoms with van der Waals surface area (Å²) in [5.74, 6) is 0. The molecule has 0 bridgehead atoms. The number of hydrogen-bond acceptors (Lipinski definition) is 3. The maximum Gasteiger partial charge on any atom is 0.159 e. The highest BCUT2D eigenvalue weighted by molar-refractivity contribution is 7.25. The van der Waals surface area contributed by atoms with Crippen molar-refractivity contribution in [1.29, 1.82) is 0 Å². The third kappa shape index (κ3) is 5.88. The van der Waals surface area contributed by atoms with Gasteiger partial charge in [-0.2, -0.15) is 0 Å². The molecule has 0 amide bonds. The molecular weight excluding hydrogens is 711 g/mol. The molecule has 2 aromatic heterocycles. The van der Waals surface area contributed by atoms with Gasteiger partial charge in [0.05, 0.1) is 5.69 Å². The van der Waals surface area contributed by atoms with Crippen molar-refractivity contribution < 1.29 is 4.42 Å². The van der Waals surface area contributed by atoms with Gasteiger partial charge in [-0.3, -0.25) is 0 Å². The molecule has 3 heteroatoms. The topological polar surface area (TPSA) is 16.4 Å². The second-order valence-corrected chi connectivity index (χ2v) is 15.6. The summed E-state index contributed by atoms with van der Waals surface area (Å²) < 4.78 is 9.29. The maximum absolute atomic E-state index is 6.68. The Kier molecular flexibility index (Phi) is 8.04. The first-order valence-corrected chi connectivity index (χ1v) is 20.1. The van der Waals surface area contributed by atoms with Crippen LogP contribution in [0.2, 0.25) is 0 Å². The summed E-state index contributed by atoms with van der Waals surface area (Å²) in [6.45, 7) is 0. The van der Waals surface area contributed by atoms with Crippen molar-refractivity contribution in [1.82, 2.24) is 0 Å². The summed E-state index contributed by atoms with van der Waals surface area (Å²) in [5, 5.41) is 4.83. The zero-order valence-electron chi connectivity index (χ0n) is 31.0. The first-order valence-electron chi connectivity index (χ1n) is 19.3. The van der Waals surface area contributed by atoms with E-state index in [1.54, 1.807) is 0 Å². The number of anilines is 3. The summed E-state index contributed by atoms with van der Waals surface area (Å²) >= 11 is 1.86. The van der Waals surface area contributed by atoms with Crippen LogP contribution in [0.25, 0.3) is 86.6 Å². The highest BCUT2D eigenvalue weighted by atomic mass is 32.1. The molecule has 0 saturated heterocycles. The summed E-state index contributed by atoms with van der Waals surface area (Å²) in [7, 11) is 0. The molecule has 57 heavy (non-hydrogen) atoms. The monoisotopic (exact) mass is 745 g/mol. The first-order chi connectivity index (χ1) is 28.2. The van der Waals surface area contributed by atoms with Crippen LogP contribution in [0.4, 0.5) is 17.1 Å². The fourth-order valence-corrected chi connectivity index (χ4v) is 9.44. The molecule has 0 aliphatic heterocycles. The van der Waals surface area contributed by atoms with Gasteiger partial charge in [0.1, 0.15) is 5.58 Å². The van der Waals surface area contributed by atoms with Crippen molar-refractivity contribution in [3.63, 3.8) is 0 Å². The Morgan fingerprint density at radius 2 is 0.895 bits per heavy atom. The number of thiophene rings is 1. The van der Waals surface area contributed by atoms with E-state index in [2.05, 4.69) is 211 Å². The highest BCUT2D eigenvalue weighted by Gasteiger charge is 2.21. The van der Waals surface area contributed by atoms with E-state index in [1.807, 2.05) is 17.4 Å². The van der Waals surface area contributed by atoms with Crippen LogP contribution in [0.5, 0.6) is 0 Å². The van der Waals surface area contributed by atoms with E-state index in [1.165, 1.54) is 59.1 Å². The molecule has 0 aliphatic rings. The van der Waals surface area contributed by atoms with Crippen LogP contribution in [0.1, 0.15) is 0 Å². The SMILES string of the molecule is c1ccc(-c2ccc(-c3ccc(N(c4ccc(-c5ccc6c(c5)sc5ccccc56)c(-c5ccccc5)c4)c4cccc5c4oc4ccccc45)cc3)cc2)cc1. The molecule has 11 rings (SSSR count). The van der Waals surface area contributed by atoms with Crippen LogP contribution in [0, 0.1) is 0 Å². The molecule has 0 radical (unpaired) electrons. The van der Waals surface area contributed by atoms with Gasteiger partial charge in [-0.15, -0.1) is 11.3 Å². The second-order valence-electron chi connectivity index (χ2n) is 14.5. The predicted molar refractivity (Wildman–Crippen MR) is 243 cm³/mol. The van der Waals surface area contributed by atoms with Gasteiger partial charge in [0.25, 0.3) is 0 Å². The van der Waals surface area contributed by atoms with Crippen molar-refractivity contribution in [2.45, 2.75) is 0 Å². The molecule has 268 valence electrons. The van der Waals surface area contributed by atoms with Crippen molar-refractivity contribution in [3.8, 4) is 44.5 Å². The molecule has 2 nitrogen and oxygen atoms in total. The van der Waals surface area contributed by atoms with Crippen molar-refractivity contribution in [3.05, 3.63) is 212 Å². The van der Waals surface area contributed by atoms with Gasteiger partial charge in [-0.1, -0.05) is 164 Å². The molecule has 0 aliphatic carbocycles. The molecule has 0 fully saturated rings. The fraction of sp³-hybridized carbons (Fsp3) is 0. The van der Waals surface area contributed by atoms with Gasteiger partial charge < -0.3 is 9.32 Å². The minimum Gasteiger partial charge on any atom is -0.454 e. The normalized spacial score (nSPS) is 11.5. The Labute approximate surface area is 335 Å². The molecule has 11 aromatic rings. The van der Waals surface area contributed by atoms with E-state index in [4.69, 9.17) is 4.42 Å². The van der Waals surface area contributed by atoms with Gasteiger partial charge in [0.2, 0.25) is 0 Å². The van der Waals surface area contributed by atoms with Crippen LogP contribution in [-0.2, 0) is 0 Å². The van der Waals surface area contributed by atoms with E-state index in [-0.39, 0.29) is 0 Å². The zero-order chi connectivity index (χ0) is 37.7. The van der Waals surface area contributed by atoms with Crippen LogP contribution in [0.3, 0.4) is 0 Å². The maximum atomic E-state index is 6.68. The zero-order valence-corrected chi connectivity index (χ0v) is 31.8. The number of hydrogen-bond donors (Lipinski definition) is 0. The van der Waals surface area contributed by atoms with Gasteiger partial charge in [0, 0.05) is 42.3 Å². The standard InChI is InChI=1S/C54H35NOS/c1-3-12-36(13-4-1)37-22-24-38(25-23-37)39-26-29-42(30-27-39)55(50-19-11-18-48-45-16-7-9-20-51(45)56-54(48)50)43-31-33-44(49(35-43)40-14-5-2-6-15-40)41-28-32-47-46-17-8-10-21-52(46)57-53(47)34-41/h1-35H. The Balaban J connectivity index is 1.07. The summed E-state index contributed by atoms with van der Waals surface area (Å²) in [6.07, 6.45) is 0. The number of furan rings is 1. The van der Waals surface area contributed by atoms with Gasteiger partial charge in [-0.25, -0.2) is 0 Å². The Bertz CT molecular complexity index is 3210. The van der Waals surface area contributed by atoms with Crippen LogP contribution in [0.15, 0.2) is 217 Å². The number of rotatable bonds is 7. The van der Waals surface area contributed by atoms with E-state index < -0.39 is 0 Å². The lowest BCUT2D eigenvalue weighted by Crippen LogP contribution is -2.10. The number of benzene rings is 9. The van der Waals surface area contributed by atoms with Gasteiger partial charge in [-0.05, 0) is 93.0 Å². The van der Waals surface area contributed by atoms with Crippen LogP contribution < -0.4 is 4.90 Å². The first kappa shape index (κ1) is 33.2. The molecule has 0 unspecified atom stereocenters. The molecule has 9 aromatic carbocycles. The average Bonchev–Trinajstić information content (AvgIpc) is 3.86. The Morgan fingerprint density at radius 3 is 1.65 bits per heavy atom. The average molecular weight is 746 g/mol. The van der Waals surface area contributed by atoms with Crippen molar-refractivity contribution in [2.75, 3.05) is 4.90 Å². The number of para-hydroxylation sites is 2. The minimum atomic E-state index is 0.861. The van der Waals surface area contributed by atoms with Crippen LogP contribution in [-0.4, -0.2) is 0 Å². The fourth-order valence-electron chi connectivity index (χ4n) is 8.30.